The Morgan fingerprint density at radius 1 is 0.793 bits per heavy atom. The number of benzene rings is 3. The van der Waals surface area contributed by atoms with Gasteiger partial charge in [-0.25, -0.2) is 0 Å². The molecular weight excluding hydrogens is 382 g/mol. The van der Waals surface area contributed by atoms with E-state index in [1.54, 1.807) is 0 Å². The first-order valence-electron chi connectivity index (χ1n) is 9.66. The second-order valence-electron chi connectivity index (χ2n) is 6.54. The van der Waals surface area contributed by atoms with Gasteiger partial charge in [0.05, 0.1) is 0 Å². The van der Waals surface area contributed by atoms with Gasteiger partial charge >= 0.3 is 0 Å². The number of likely N-dealkylation sites (N-methyl/N-ethyl adjacent to an activating group) is 1. The van der Waals surface area contributed by atoms with Gasteiger partial charge in [0.1, 0.15) is 12.4 Å². The number of nitrogens with one attached hydrogen (secondary N) is 1. The normalized spacial score (nSPS) is 11.4. The second-order valence-corrected chi connectivity index (χ2v) is 6.54. The van der Waals surface area contributed by atoms with Gasteiger partial charge in [-0.1, -0.05) is 72.8 Å². The summed E-state index contributed by atoms with van der Waals surface area (Å²) in [6.07, 6.45) is 0.592. The summed E-state index contributed by atoms with van der Waals surface area (Å²) in [6, 6.07) is 28.8. The summed E-state index contributed by atoms with van der Waals surface area (Å²) >= 11 is 0. The number of aliphatic hydroxyl groups excluding tert-OH is 1. The largest absolute Gasteiger partial charge is 0.492 e. The van der Waals surface area contributed by atoms with Crippen LogP contribution < -0.4 is 10.1 Å². The van der Waals surface area contributed by atoms with E-state index in [4.69, 9.17) is 4.74 Å². The molecule has 29 heavy (non-hydrogen) atoms. The summed E-state index contributed by atoms with van der Waals surface area (Å²) in [7, 11) is 1.91. The Balaban J connectivity index is 0.00000300. The molecule has 0 aromatic heterocycles. The first-order chi connectivity index (χ1) is 13.8. The Morgan fingerprint density at radius 3 is 1.90 bits per heavy atom. The Labute approximate surface area is 179 Å². The van der Waals surface area contributed by atoms with E-state index in [9.17, 15) is 5.11 Å². The molecule has 4 heteroatoms. The summed E-state index contributed by atoms with van der Waals surface area (Å²) in [4.78, 5) is 0. The highest BCUT2D eigenvalue weighted by molar-refractivity contribution is 5.98. The molecule has 0 aliphatic carbocycles. The van der Waals surface area contributed by atoms with Crippen molar-refractivity contribution in [3.63, 3.8) is 0 Å². The van der Waals surface area contributed by atoms with Crippen molar-refractivity contribution >= 4 is 23.6 Å². The minimum atomic E-state index is 0. The van der Waals surface area contributed by atoms with Crippen LogP contribution in [0.15, 0.2) is 84.9 Å². The van der Waals surface area contributed by atoms with Crippen LogP contribution in [0.5, 0.6) is 5.75 Å². The average Bonchev–Trinajstić information content (AvgIpc) is 2.76. The first kappa shape index (κ1) is 22.7. The van der Waals surface area contributed by atoms with E-state index in [-0.39, 0.29) is 19.0 Å². The molecule has 0 unspecified atom stereocenters. The van der Waals surface area contributed by atoms with Gasteiger partial charge in [-0.3, -0.25) is 0 Å². The van der Waals surface area contributed by atoms with Crippen LogP contribution in [-0.2, 0) is 0 Å². The Morgan fingerprint density at radius 2 is 1.34 bits per heavy atom. The van der Waals surface area contributed by atoms with E-state index >= 15 is 0 Å². The van der Waals surface area contributed by atoms with Crippen LogP contribution >= 0.6 is 12.4 Å². The van der Waals surface area contributed by atoms with E-state index in [1.165, 1.54) is 0 Å². The molecule has 0 radical (unpaired) electrons. The van der Waals surface area contributed by atoms with Crippen LogP contribution in [0.3, 0.4) is 0 Å². The van der Waals surface area contributed by atoms with E-state index < -0.39 is 0 Å². The predicted molar refractivity (Wildman–Crippen MR) is 124 cm³/mol. The number of aliphatic hydroxyl groups is 1. The molecular formula is C25H28ClNO2. The van der Waals surface area contributed by atoms with Crippen molar-refractivity contribution < 1.29 is 9.84 Å². The van der Waals surface area contributed by atoms with Gasteiger partial charge < -0.3 is 15.2 Å². The Kier molecular flexibility index (Phi) is 9.45. The minimum absolute atomic E-state index is 0. The third-order valence-corrected chi connectivity index (χ3v) is 4.61. The highest BCUT2D eigenvalue weighted by Gasteiger charge is 2.14. The summed E-state index contributed by atoms with van der Waals surface area (Å²) in [6.45, 7) is 1.55. The lowest BCUT2D eigenvalue weighted by atomic mass is 9.88. The molecule has 0 atom stereocenters. The van der Waals surface area contributed by atoms with Crippen LogP contribution in [0.2, 0.25) is 0 Å². The number of halogens is 1. The predicted octanol–water partition coefficient (Wildman–Crippen LogP) is 5.05. The molecule has 0 aliphatic rings. The molecule has 3 nitrogen and oxygen atoms in total. The quantitative estimate of drug-likeness (QED) is 0.384. The lowest BCUT2D eigenvalue weighted by Gasteiger charge is -2.17. The standard InChI is InChI=1S/C25H27NO2.ClH/c1-26-17-19-28-23-14-12-22(13-15-23)25(21-10-6-3-7-11-21)24(16-18-27)20-8-4-2-5-9-20;/h2-15,26-27H,16-19H2,1H3;1H. The van der Waals surface area contributed by atoms with Gasteiger partial charge in [0.15, 0.2) is 0 Å². The van der Waals surface area contributed by atoms with Gasteiger partial charge in [-0.05, 0) is 53.4 Å². The van der Waals surface area contributed by atoms with Crippen molar-refractivity contribution in [1.29, 1.82) is 0 Å². The van der Waals surface area contributed by atoms with Crippen molar-refractivity contribution in [2.45, 2.75) is 6.42 Å². The summed E-state index contributed by atoms with van der Waals surface area (Å²) in [5.74, 6) is 0.856. The number of ether oxygens (including phenoxy) is 1. The zero-order valence-electron chi connectivity index (χ0n) is 16.7. The SMILES string of the molecule is CNCCOc1ccc(C(=C(CCO)c2ccccc2)c2ccccc2)cc1.Cl. The fraction of sp³-hybridized carbons (Fsp3) is 0.200. The number of hydrogen-bond acceptors (Lipinski definition) is 3. The maximum atomic E-state index is 9.75. The molecule has 0 spiro atoms. The van der Waals surface area contributed by atoms with Crippen LogP contribution in [0.4, 0.5) is 0 Å². The molecule has 0 fully saturated rings. The maximum absolute atomic E-state index is 9.75. The summed E-state index contributed by atoms with van der Waals surface area (Å²) in [5, 5.41) is 12.8. The van der Waals surface area contributed by atoms with Gasteiger partial charge in [0.2, 0.25) is 0 Å². The fourth-order valence-electron chi connectivity index (χ4n) is 3.27. The van der Waals surface area contributed by atoms with Gasteiger partial charge in [0, 0.05) is 13.2 Å². The second kappa shape index (κ2) is 12.1. The lowest BCUT2D eigenvalue weighted by Crippen LogP contribution is -2.15. The van der Waals surface area contributed by atoms with E-state index in [2.05, 4.69) is 41.7 Å². The third kappa shape index (κ3) is 6.20. The number of rotatable bonds is 9. The summed E-state index contributed by atoms with van der Waals surface area (Å²) < 4.78 is 5.76. The monoisotopic (exact) mass is 409 g/mol. The molecule has 3 aromatic rings. The van der Waals surface area contributed by atoms with Crippen molar-refractivity contribution in [1.82, 2.24) is 5.32 Å². The molecule has 0 aliphatic heterocycles. The Bertz CT molecular complexity index is 878. The Hall–Kier alpha value is -2.59. The minimum Gasteiger partial charge on any atom is -0.492 e. The molecule has 0 saturated carbocycles. The molecule has 2 N–H and O–H groups in total. The molecule has 152 valence electrons. The average molecular weight is 410 g/mol. The van der Waals surface area contributed by atoms with Crippen LogP contribution in [-0.4, -0.2) is 31.9 Å². The summed E-state index contributed by atoms with van der Waals surface area (Å²) in [5.41, 5.74) is 5.66. The van der Waals surface area contributed by atoms with Crippen molar-refractivity contribution in [3.05, 3.63) is 102 Å². The third-order valence-electron chi connectivity index (χ3n) is 4.61. The van der Waals surface area contributed by atoms with Crippen molar-refractivity contribution in [2.75, 3.05) is 26.8 Å². The maximum Gasteiger partial charge on any atom is 0.119 e. The van der Waals surface area contributed by atoms with Crippen molar-refractivity contribution in [2.24, 2.45) is 0 Å². The van der Waals surface area contributed by atoms with Crippen molar-refractivity contribution in [3.8, 4) is 5.75 Å². The van der Waals surface area contributed by atoms with Gasteiger partial charge in [-0.15, -0.1) is 12.4 Å². The van der Waals surface area contributed by atoms with E-state index in [0.29, 0.717) is 13.0 Å². The zero-order valence-corrected chi connectivity index (χ0v) is 17.5. The molecule has 0 saturated heterocycles. The molecule has 0 bridgehead atoms. The highest BCUT2D eigenvalue weighted by Crippen LogP contribution is 2.34. The van der Waals surface area contributed by atoms with Crippen LogP contribution in [0, 0.1) is 0 Å². The zero-order chi connectivity index (χ0) is 19.6. The van der Waals surface area contributed by atoms with E-state index in [1.807, 2.05) is 55.6 Å². The van der Waals surface area contributed by atoms with Crippen LogP contribution in [0.25, 0.3) is 11.1 Å². The molecule has 3 aromatic carbocycles. The smallest absolute Gasteiger partial charge is 0.119 e. The number of hydrogen-bond donors (Lipinski definition) is 2. The lowest BCUT2D eigenvalue weighted by molar-refractivity contribution is 0.305. The van der Waals surface area contributed by atoms with Gasteiger partial charge in [0.25, 0.3) is 0 Å². The molecule has 3 rings (SSSR count). The first-order valence-corrected chi connectivity index (χ1v) is 9.66. The van der Waals surface area contributed by atoms with E-state index in [0.717, 1.165) is 40.1 Å². The molecule has 0 amide bonds. The fourth-order valence-corrected chi connectivity index (χ4v) is 3.27. The van der Waals surface area contributed by atoms with Crippen LogP contribution in [0.1, 0.15) is 23.1 Å². The highest BCUT2D eigenvalue weighted by atomic mass is 35.5. The topological polar surface area (TPSA) is 41.5 Å². The molecule has 0 heterocycles. The van der Waals surface area contributed by atoms with Gasteiger partial charge in [-0.2, -0.15) is 0 Å².